The van der Waals surface area contributed by atoms with Gasteiger partial charge >= 0.3 is 19.8 Å². The number of allylic oxidation sites excluding steroid dienone is 26. The van der Waals surface area contributed by atoms with E-state index < -0.39 is 32.5 Å². The fourth-order valence-electron chi connectivity index (χ4n) is 7.56. The van der Waals surface area contributed by atoms with Crippen molar-refractivity contribution in [1.29, 1.82) is 0 Å². The molecule has 0 amide bonds. The van der Waals surface area contributed by atoms with Crippen LogP contribution >= 0.6 is 7.82 Å². The van der Waals surface area contributed by atoms with Crippen LogP contribution in [-0.2, 0) is 32.7 Å². The fourth-order valence-corrected chi connectivity index (χ4v) is 8.32. The molecule has 9 nitrogen and oxygen atoms in total. The Balaban J connectivity index is 4.04. The molecule has 434 valence electrons. The fraction of sp³-hybridized carbons (Fsp3) is 0.582. The lowest BCUT2D eigenvalue weighted by Gasteiger charge is -2.19. The van der Waals surface area contributed by atoms with Gasteiger partial charge in [-0.05, 0) is 122 Å². The van der Waals surface area contributed by atoms with Gasteiger partial charge in [0.2, 0.25) is 0 Å². The van der Waals surface area contributed by atoms with Crippen LogP contribution in [0.2, 0.25) is 0 Å². The number of esters is 2. The first-order valence-corrected chi connectivity index (χ1v) is 31.5. The molecule has 0 saturated heterocycles. The van der Waals surface area contributed by atoms with Crippen LogP contribution in [0.3, 0.4) is 0 Å². The molecule has 0 spiro atoms. The zero-order valence-corrected chi connectivity index (χ0v) is 49.3. The lowest BCUT2D eigenvalue weighted by molar-refractivity contribution is -0.161. The number of hydrogen-bond acceptors (Lipinski definition) is 8. The van der Waals surface area contributed by atoms with Crippen LogP contribution in [0.15, 0.2) is 158 Å². The van der Waals surface area contributed by atoms with Gasteiger partial charge in [0.25, 0.3) is 0 Å². The van der Waals surface area contributed by atoms with Gasteiger partial charge in [-0.2, -0.15) is 0 Å². The SMILES string of the molecule is CC/C=C\C/C=C\C/C=C\C/C=C\C/C=C\C/C=C\C/C=C\C/C=C\CCCCCCCCCCCCC(=O)OC(COC(=O)CCCCCCC/C=C\C/C=C\C/C=C\C/C=C\C/C=C\CC)COP(=O)(O)OCCN. The Morgan fingerprint density at radius 2 is 0.675 bits per heavy atom. The highest BCUT2D eigenvalue weighted by Crippen LogP contribution is 2.43. The normalized spacial score (nSPS) is 14.2. The second-order valence-corrected chi connectivity index (χ2v) is 20.6. The van der Waals surface area contributed by atoms with E-state index in [0.717, 1.165) is 141 Å². The number of ether oxygens (including phenoxy) is 2. The zero-order valence-electron chi connectivity index (χ0n) is 48.4. The minimum absolute atomic E-state index is 0.0412. The number of rotatable bonds is 54. The highest BCUT2D eigenvalue weighted by molar-refractivity contribution is 7.47. The van der Waals surface area contributed by atoms with E-state index in [9.17, 15) is 19.0 Å². The number of nitrogens with two attached hydrogens (primary N) is 1. The van der Waals surface area contributed by atoms with Crippen molar-refractivity contribution in [2.24, 2.45) is 5.73 Å². The van der Waals surface area contributed by atoms with E-state index in [-0.39, 0.29) is 32.6 Å². The molecule has 77 heavy (non-hydrogen) atoms. The summed E-state index contributed by atoms with van der Waals surface area (Å²) in [5, 5.41) is 0. The summed E-state index contributed by atoms with van der Waals surface area (Å²) in [6.07, 6.45) is 88.7. The highest BCUT2D eigenvalue weighted by Gasteiger charge is 2.26. The number of carbonyl (C=O) groups excluding carboxylic acids is 2. The average molecular weight is 1090 g/mol. The van der Waals surface area contributed by atoms with Gasteiger partial charge in [-0.25, -0.2) is 4.57 Å². The maximum absolute atomic E-state index is 12.7. The van der Waals surface area contributed by atoms with E-state index in [1.807, 2.05) is 0 Å². The van der Waals surface area contributed by atoms with E-state index >= 15 is 0 Å². The quantitative estimate of drug-likeness (QED) is 0.0264. The number of phosphoric acid groups is 1. The van der Waals surface area contributed by atoms with E-state index in [1.165, 1.54) is 38.5 Å². The molecule has 0 fully saturated rings. The van der Waals surface area contributed by atoms with Crippen LogP contribution in [0.1, 0.15) is 219 Å². The van der Waals surface area contributed by atoms with Gasteiger partial charge in [0.1, 0.15) is 6.61 Å². The molecule has 0 aromatic rings. The average Bonchev–Trinajstić information content (AvgIpc) is 3.42. The third-order valence-electron chi connectivity index (χ3n) is 11.9. The van der Waals surface area contributed by atoms with Crippen molar-refractivity contribution in [2.45, 2.75) is 225 Å². The van der Waals surface area contributed by atoms with Crippen LogP contribution in [0.4, 0.5) is 0 Å². The summed E-state index contributed by atoms with van der Waals surface area (Å²) in [6, 6.07) is 0. The molecule has 0 aromatic heterocycles. The Morgan fingerprint density at radius 1 is 0.390 bits per heavy atom. The highest BCUT2D eigenvalue weighted by atomic mass is 31.2. The van der Waals surface area contributed by atoms with Crippen molar-refractivity contribution in [2.75, 3.05) is 26.4 Å². The van der Waals surface area contributed by atoms with Crippen LogP contribution in [0, 0.1) is 0 Å². The summed E-state index contributed by atoms with van der Waals surface area (Å²) in [7, 11) is -4.41. The number of phosphoric ester groups is 1. The molecule has 2 unspecified atom stereocenters. The van der Waals surface area contributed by atoms with E-state index in [1.54, 1.807) is 0 Å². The van der Waals surface area contributed by atoms with Crippen molar-refractivity contribution >= 4 is 19.8 Å². The van der Waals surface area contributed by atoms with Gasteiger partial charge in [-0.15, -0.1) is 0 Å². The van der Waals surface area contributed by atoms with Crippen molar-refractivity contribution in [3.05, 3.63) is 158 Å². The van der Waals surface area contributed by atoms with Gasteiger partial charge in [-0.3, -0.25) is 18.6 Å². The van der Waals surface area contributed by atoms with E-state index in [0.29, 0.717) is 12.8 Å². The maximum Gasteiger partial charge on any atom is 0.472 e. The largest absolute Gasteiger partial charge is 0.472 e. The first-order chi connectivity index (χ1) is 37.8. The van der Waals surface area contributed by atoms with Gasteiger partial charge in [-0.1, -0.05) is 242 Å². The second-order valence-electron chi connectivity index (χ2n) is 19.1. The Hall–Kier alpha value is -4.37. The molecule has 10 heteroatoms. The molecule has 0 aliphatic carbocycles. The van der Waals surface area contributed by atoms with E-state index in [4.69, 9.17) is 24.3 Å². The topological polar surface area (TPSA) is 134 Å². The molecule has 0 heterocycles. The lowest BCUT2D eigenvalue weighted by Crippen LogP contribution is -2.29. The van der Waals surface area contributed by atoms with Crippen LogP contribution in [0.25, 0.3) is 0 Å². The first kappa shape index (κ1) is 72.6. The standard InChI is InChI=1S/C67H108NO8P/c1-3-5-7-9-11-13-15-17-19-21-23-25-26-27-28-29-30-31-32-33-34-35-36-37-38-40-42-44-46-48-50-52-54-56-58-60-67(70)76-65(64-75-77(71,72)74-62-61-68)63-73-66(69)59-57-55-53-51-49-47-45-43-41-39-24-22-20-18-16-14-12-10-8-6-4-2/h5-8,11-14,17-20,23-25,27-28,30-31,33-34,36-37,39,43,45,65H,3-4,9-10,15-16,21-22,26,29,32,35,38,40-42,44,46-64,68H2,1-2H3,(H,71,72)/b7-5-,8-6-,13-11-,14-12-,19-17-,20-18-,25-23-,28-27-,31-30-,34-33-,37-36-,39-24-,45-43-. The second kappa shape index (κ2) is 60.9. The van der Waals surface area contributed by atoms with Crippen molar-refractivity contribution in [3.8, 4) is 0 Å². The maximum atomic E-state index is 12.7. The molecule has 0 aromatic carbocycles. The molecule has 0 saturated carbocycles. The molecule has 3 N–H and O–H groups in total. The van der Waals surface area contributed by atoms with Gasteiger partial charge < -0.3 is 20.1 Å². The summed E-state index contributed by atoms with van der Waals surface area (Å²) in [4.78, 5) is 35.2. The number of carbonyl (C=O) groups is 2. The van der Waals surface area contributed by atoms with Crippen molar-refractivity contribution < 1.29 is 37.6 Å². The van der Waals surface area contributed by atoms with Crippen LogP contribution < -0.4 is 5.73 Å². The monoisotopic (exact) mass is 1090 g/mol. The molecule has 0 bridgehead atoms. The third-order valence-corrected chi connectivity index (χ3v) is 12.9. The molecular formula is C67H108NO8P. The third kappa shape index (κ3) is 60.7. The molecule has 0 aliphatic rings. The lowest BCUT2D eigenvalue weighted by atomic mass is 10.0. The zero-order chi connectivity index (χ0) is 55.9. The molecule has 0 aliphatic heterocycles. The summed E-state index contributed by atoms with van der Waals surface area (Å²) in [5.41, 5.74) is 5.38. The van der Waals surface area contributed by atoms with Crippen molar-refractivity contribution in [3.63, 3.8) is 0 Å². The molecule has 0 radical (unpaired) electrons. The predicted octanol–water partition coefficient (Wildman–Crippen LogP) is 19.3. The van der Waals surface area contributed by atoms with Gasteiger partial charge in [0.05, 0.1) is 13.2 Å². The van der Waals surface area contributed by atoms with Crippen LogP contribution in [-0.4, -0.2) is 49.3 Å². The Morgan fingerprint density at radius 3 is 1.00 bits per heavy atom. The van der Waals surface area contributed by atoms with E-state index in [2.05, 4.69) is 172 Å². The van der Waals surface area contributed by atoms with Crippen LogP contribution in [0.5, 0.6) is 0 Å². The van der Waals surface area contributed by atoms with Gasteiger partial charge in [0, 0.05) is 19.4 Å². The van der Waals surface area contributed by atoms with Gasteiger partial charge in [0.15, 0.2) is 6.10 Å². The van der Waals surface area contributed by atoms with Crippen molar-refractivity contribution in [1.82, 2.24) is 0 Å². The minimum atomic E-state index is -4.41. The minimum Gasteiger partial charge on any atom is -0.462 e. The summed E-state index contributed by atoms with van der Waals surface area (Å²) >= 11 is 0. The summed E-state index contributed by atoms with van der Waals surface area (Å²) in [5.74, 6) is -0.866. The number of unbranched alkanes of at least 4 members (excludes halogenated alkanes) is 15. The molecular weight excluding hydrogens is 978 g/mol. The Kier molecular flexibility index (Phi) is 57.4. The Labute approximate surface area is 470 Å². The Bertz CT molecular complexity index is 1810. The molecule has 2 atom stereocenters. The molecule has 0 rings (SSSR count). The number of hydrogen-bond donors (Lipinski definition) is 2. The smallest absolute Gasteiger partial charge is 0.462 e. The summed E-state index contributed by atoms with van der Waals surface area (Å²) in [6.45, 7) is 3.47. The summed E-state index contributed by atoms with van der Waals surface area (Å²) < 4.78 is 33.0. The predicted molar refractivity (Wildman–Crippen MR) is 330 cm³/mol. The first-order valence-electron chi connectivity index (χ1n) is 30.0.